The van der Waals surface area contributed by atoms with Gasteiger partial charge in [0.25, 0.3) is 0 Å². The van der Waals surface area contributed by atoms with Crippen molar-refractivity contribution in [2.75, 3.05) is 13.1 Å². The van der Waals surface area contributed by atoms with Crippen molar-refractivity contribution in [1.82, 2.24) is 15.1 Å². The van der Waals surface area contributed by atoms with E-state index >= 15 is 0 Å². The van der Waals surface area contributed by atoms with Gasteiger partial charge < -0.3 is 5.73 Å². The number of alkyl halides is 3. The predicted octanol–water partition coefficient (Wildman–Crippen LogP) is 1.35. The van der Waals surface area contributed by atoms with Crippen molar-refractivity contribution in [2.24, 2.45) is 5.73 Å². The van der Waals surface area contributed by atoms with E-state index in [2.05, 4.69) is 10.2 Å². The fraction of sp³-hybridized carbons (Fsp3) is 0.700. The summed E-state index contributed by atoms with van der Waals surface area (Å²) in [6.07, 6.45) is -2.41. The lowest BCUT2D eigenvalue weighted by Gasteiger charge is -2.30. The number of aromatic amines is 1. The molecule has 0 spiro atoms. The Bertz CT molecular complexity index is 374. The number of halogens is 3. The molecule has 1 aromatic heterocycles. The van der Waals surface area contributed by atoms with Crippen LogP contribution in [0.1, 0.15) is 24.2 Å². The monoisotopic (exact) mass is 248 g/mol. The predicted molar refractivity (Wildman–Crippen MR) is 56.1 cm³/mol. The minimum Gasteiger partial charge on any atom is -0.327 e. The van der Waals surface area contributed by atoms with Crippen molar-refractivity contribution in [3.63, 3.8) is 0 Å². The molecule has 0 aromatic carbocycles. The van der Waals surface area contributed by atoms with Crippen LogP contribution in [0.15, 0.2) is 6.07 Å². The van der Waals surface area contributed by atoms with Gasteiger partial charge in [-0.25, -0.2) is 0 Å². The number of hydrogen-bond donors (Lipinski definition) is 2. The quantitative estimate of drug-likeness (QED) is 0.830. The molecule has 0 saturated carbocycles. The van der Waals surface area contributed by atoms with Crippen molar-refractivity contribution >= 4 is 0 Å². The van der Waals surface area contributed by atoms with Gasteiger partial charge >= 0.3 is 6.18 Å². The van der Waals surface area contributed by atoms with Crippen molar-refractivity contribution < 1.29 is 13.2 Å². The number of nitrogens with zero attached hydrogens (tertiary/aromatic N) is 2. The molecule has 0 bridgehead atoms. The topological polar surface area (TPSA) is 57.9 Å². The molecule has 7 heteroatoms. The number of H-pyrrole nitrogens is 1. The molecule has 2 rings (SSSR count). The van der Waals surface area contributed by atoms with E-state index in [4.69, 9.17) is 5.73 Å². The molecular formula is C10H15F3N4. The maximum atomic E-state index is 12.3. The number of aromatic nitrogens is 2. The number of hydrogen-bond acceptors (Lipinski definition) is 3. The first-order valence-electron chi connectivity index (χ1n) is 5.54. The summed E-state index contributed by atoms with van der Waals surface area (Å²) < 4.78 is 37.0. The average Bonchev–Trinajstić information content (AvgIpc) is 2.65. The van der Waals surface area contributed by atoms with Gasteiger partial charge in [0, 0.05) is 24.8 Å². The van der Waals surface area contributed by atoms with E-state index in [0.717, 1.165) is 32.0 Å². The van der Waals surface area contributed by atoms with Gasteiger partial charge in [0.15, 0.2) is 5.69 Å². The van der Waals surface area contributed by atoms with E-state index in [9.17, 15) is 13.2 Å². The summed E-state index contributed by atoms with van der Waals surface area (Å²) in [5.41, 5.74) is 5.42. The molecule has 17 heavy (non-hydrogen) atoms. The summed E-state index contributed by atoms with van der Waals surface area (Å²) in [6, 6.07) is 1.17. The van der Waals surface area contributed by atoms with E-state index in [0.29, 0.717) is 12.2 Å². The highest BCUT2D eigenvalue weighted by Crippen LogP contribution is 2.28. The maximum Gasteiger partial charge on any atom is 0.435 e. The summed E-state index contributed by atoms with van der Waals surface area (Å²) in [5.74, 6) is 0. The summed E-state index contributed by atoms with van der Waals surface area (Å²) in [7, 11) is 0. The second-order valence-electron chi connectivity index (χ2n) is 4.41. The third-order valence-corrected chi connectivity index (χ3v) is 2.86. The molecule has 0 aliphatic carbocycles. The molecule has 2 heterocycles. The lowest BCUT2D eigenvalue weighted by atomic mass is 10.1. The molecule has 1 aromatic rings. The maximum absolute atomic E-state index is 12.3. The second kappa shape index (κ2) is 4.66. The number of rotatable bonds is 2. The Morgan fingerprint density at radius 3 is 2.88 bits per heavy atom. The molecule has 96 valence electrons. The third kappa shape index (κ3) is 3.19. The van der Waals surface area contributed by atoms with E-state index in [-0.39, 0.29) is 6.04 Å². The Balaban J connectivity index is 1.97. The van der Waals surface area contributed by atoms with Crippen LogP contribution in [0.3, 0.4) is 0 Å². The minimum atomic E-state index is -4.38. The molecule has 0 radical (unpaired) electrons. The van der Waals surface area contributed by atoms with Crippen molar-refractivity contribution in [3.05, 3.63) is 17.5 Å². The molecule has 3 N–H and O–H groups in total. The molecular weight excluding hydrogens is 233 g/mol. The van der Waals surface area contributed by atoms with Crippen LogP contribution in [-0.4, -0.2) is 34.2 Å². The average molecular weight is 248 g/mol. The zero-order valence-corrected chi connectivity index (χ0v) is 9.30. The van der Waals surface area contributed by atoms with E-state index < -0.39 is 11.9 Å². The first-order valence-corrected chi connectivity index (χ1v) is 5.54. The Kier molecular flexibility index (Phi) is 3.39. The lowest BCUT2D eigenvalue weighted by molar-refractivity contribution is -0.141. The van der Waals surface area contributed by atoms with Crippen LogP contribution in [0.4, 0.5) is 13.2 Å². The first kappa shape index (κ1) is 12.4. The number of nitrogens with one attached hydrogen (secondary N) is 1. The van der Waals surface area contributed by atoms with Gasteiger partial charge in [-0.3, -0.25) is 10.00 Å². The van der Waals surface area contributed by atoms with E-state index in [1.807, 2.05) is 4.90 Å². The number of piperidine rings is 1. The van der Waals surface area contributed by atoms with E-state index in [1.54, 1.807) is 0 Å². The first-order chi connectivity index (χ1) is 7.95. The van der Waals surface area contributed by atoms with Gasteiger partial charge in [0.1, 0.15) is 0 Å². The van der Waals surface area contributed by atoms with Crippen LogP contribution in [0, 0.1) is 0 Å². The Morgan fingerprint density at radius 1 is 1.53 bits per heavy atom. The molecule has 0 unspecified atom stereocenters. The highest BCUT2D eigenvalue weighted by atomic mass is 19.4. The third-order valence-electron chi connectivity index (χ3n) is 2.86. The van der Waals surface area contributed by atoms with Gasteiger partial charge in [-0.1, -0.05) is 0 Å². The van der Waals surface area contributed by atoms with Crippen LogP contribution in [-0.2, 0) is 12.7 Å². The second-order valence-corrected chi connectivity index (χ2v) is 4.41. The lowest BCUT2D eigenvalue weighted by Crippen LogP contribution is -2.42. The largest absolute Gasteiger partial charge is 0.435 e. The molecule has 1 fully saturated rings. The fourth-order valence-corrected chi connectivity index (χ4v) is 2.06. The molecule has 4 nitrogen and oxygen atoms in total. The Hall–Kier alpha value is -1.08. The Labute approximate surface area is 97.0 Å². The summed E-state index contributed by atoms with van der Waals surface area (Å²) in [4.78, 5) is 2.04. The van der Waals surface area contributed by atoms with Crippen LogP contribution < -0.4 is 5.73 Å². The van der Waals surface area contributed by atoms with E-state index in [1.165, 1.54) is 0 Å². The van der Waals surface area contributed by atoms with Crippen molar-refractivity contribution in [3.8, 4) is 0 Å². The number of likely N-dealkylation sites (tertiary alicyclic amines) is 1. The highest BCUT2D eigenvalue weighted by molar-refractivity contribution is 5.11. The van der Waals surface area contributed by atoms with Crippen LogP contribution in [0.2, 0.25) is 0 Å². The normalized spacial score (nSPS) is 22.9. The molecule has 0 amide bonds. The van der Waals surface area contributed by atoms with Gasteiger partial charge in [-0.15, -0.1) is 0 Å². The SMILES string of the molecule is N[C@@H]1CCCN(Cc2cc(C(F)(F)F)n[nH]2)C1. The van der Waals surface area contributed by atoms with Crippen LogP contribution in [0.25, 0.3) is 0 Å². The molecule has 1 atom stereocenters. The van der Waals surface area contributed by atoms with Crippen molar-refractivity contribution in [2.45, 2.75) is 31.6 Å². The highest BCUT2D eigenvalue weighted by Gasteiger charge is 2.34. The van der Waals surface area contributed by atoms with Crippen molar-refractivity contribution in [1.29, 1.82) is 0 Å². The summed E-state index contributed by atoms with van der Waals surface area (Å²) >= 11 is 0. The summed E-state index contributed by atoms with van der Waals surface area (Å²) in [6.45, 7) is 2.03. The fourth-order valence-electron chi connectivity index (χ4n) is 2.06. The number of nitrogens with two attached hydrogens (primary N) is 1. The van der Waals surface area contributed by atoms with Gasteiger partial charge in [0.05, 0.1) is 0 Å². The van der Waals surface area contributed by atoms with Crippen LogP contribution in [0.5, 0.6) is 0 Å². The molecule has 1 saturated heterocycles. The Morgan fingerprint density at radius 2 is 2.29 bits per heavy atom. The summed E-state index contributed by atoms with van der Waals surface area (Å²) in [5, 5.41) is 5.69. The minimum absolute atomic E-state index is 0.119. The molecule has 1 aliphatic rings. The zero-order chi connectivity index (χ0) is 12.5. The smallest absolute Gasteiger partial charge is 0.327 e. The standard InChI is InChI=1S/C10H15F3N4/c11-10(12,13)9-4-8(15-16-9)6-17-3-1-2-7(14)5-17/h4,7H,1-3,5-6,14H2,(H,15,16)/t7-/m1/s1. The van der Waals surface area contributed by atoms with Gasteiger partial charge in [0.2, 0.25) is 0 Å². The van der Waals surface area contributed by atoms with Gasteiger partial charge in [-0.2, -0.15) is 18.3 Å². The zero-order valence-electron chi connectivity index (χ0n) is 9.30. The van der Waals surface area contributed by atoms with Gasteiger partial charge in [-0.05, 0) is 25.5 Å². The van der Waals surface area contributed by atoms with Crippen LogP contribution >= 0.6 is 0 Å². The molecule has 1 aliphatic heterocycles.